The molecular formula is C12H19NO2S2. The van der Waals surface area contributed by atoms with Gasteiger partial charge in [0, 0.05) is 18.0 Å². The first-order valence-electron chi connectivity index (χ1n) is 5.71. The Morgan fingerprint density at radius 3 is 2.82 bits per heavy atom. The van der Waals surface area contributed by atoms with E-state index in [2.05, 4.69) is 6.58 Å². The summed E-state index contributed by atoms with van der Waals surface area (Å²) in [7, 11) is -3.15. The number of sulfonamides is 1. The Morgan fingerprint density at radius 1 is 1.53 bits per heavy atom. The molecule has 96 valence electrons. The number of nitrogens with zero attached hydrogens (tertiary/aromatic N) is 1. The molecule has 0 bridgehead atoms. The summed E-state index contributed by atoms with van der Waals surface area (Å²) < 4.78 is 25.7. The van der Waals surface area contributed by atoms with Crippen molar-refractivity contribution < 1.29 is 8.42 Å². The highest BCUT2D eigenvalue weighted by atomic mass is 32.2. The quantitative estimate of drug-likeness (QED) is 0.683. The molecule has 1 heterocycles. The Labute approximate surface area is 108 Å². The van der Waals surface area contributed by atoms with Crippen LogP contribution >= 0.6 is 11.3 Å². The van der Waals surface area contributed by atoms with Crippen molar-refractivity contribution in [3.05, 3.63) is 35.0 Å². The molecule has 0 spiro atoms. The van der Waals surface area contributed by atoms with Crippen LogP contribution in [0.4, 0.5) is 0 Å². The number of hydrogen-bond acceptors (Lipinski definition) is 3. The van der Waals surface area contributed by atoms with E-state index in [0.717, 1.165) is 11.3 Å². The summed E-state index contributed by atoms with van der Waals surface area (Å²) in [6, 6.07) is 3.89. The fraction of sp³-hybridized carbons (Fsp3) is 0.500. The lowest BCUT2D eigenvalue weighted by Crippen LogP contribution is -2.32. The molecule has 1 aromatic rings. The van der Waals surface area contributed by atoms with Crippen molar-refractivity contribution in [2.45, 2.75) is 26.3 Å². The number of thiophene rings is 1. The monoisotopic (exact) mass is 273 g/mol. The van der Waals surface area contributed by atoms with Crippen LogP contribution in [0.25, 0.3) is 0 Å². The zero-order valence-electron chi connectivity index (χ0n) is 10.1. The largest absolute Gasteiger partial charge is 0.214 e. The van der Waals surface area contributed by atoms with Gasteiger partial charge < -0.3 is 0 Å². The van der Waals surface area contributed by atoms with Crippen molar-refractivity contribution >= 4 is 21.4 Å². The zero-order chi connectivity index (χ0) is 12.7. The van der Waals surface area contributed by atoms with Gasteiger partial charge in [-0.25, -0.2) is 8.42 Å². The van der Waals surface area contributed by atoms with Crippen LogP contribution in [-0.4, -0.2) is 25.0 Å². The summed E-state index contributed by atoms with van der Waals surface area (Å²) in [4.78, 5) is 1.06. The van der Waals surface area contributed by atoms with E-state index in [1.165, 1.54) is 4.31 Å². The lowest BCUT2D eigenvalue weighted by Gasteiger charge is -2.19. The van der Waals surface area contributed by atoms with Crippen LogP contribution in [0.3, 0.4) is 0 Å². The fourth-order valence-corrected chi connectivity index (χ4v) is 3.83. The molecule has 17 heavy (non-hydrogen) atoms. The van der Waals surface area contributed by atoms with E-state index in [-0.39, 0.29) is 5.75 Å². The molecule has 0 fully saturated rings. The lowest BCUT2D eigenvalue weighted by molar-refractivity contribution is 0.440. The molecule has 0 N–H and O–H groups in total. The van der Waals surface area contributed by atoms with Crippen molar-refractivity contribution in [1.29, 1.82) is 0 Å². The summed E-state index contributed by atoms with van der Waals surface area (Å²) in [5.41, 5.74) is 0. The molecule has 0 aliphatic heterocycles. The highest BCUT2D eigenvalue weighted by Crippen LogP contribution is 2.15. The smallest absolute Gasteiger partial charge is 0.212 e. The van der Waals surface area contributed by atoms with Crippen molar-refractivity contribution in [3.8, 4) is 0 Å². The second-order valence-electron chi connectivity index (χ2n) is 3.83. The Kier molecular flexibility index (Phi) is 5.88. The van der Waals surface area contributed by atoms with E-state index < -0.39 is 10.0 Å². The average molecular weight is 273 g/mol. The van der Waals surface area contributed by atoms with Crippen molar-refractivity contribution in [2.75, 3.05) is 12.3 Å². The molecule has 0 atom stereocenters. The number of rotatable bonds is 8. The van der Waals surface area contributed by atoms with Gasteiger partial charge in [-0.1, -0.05) is 25.5 Å². The lowest BCUT2D eigenvalue weighted by atomic mass is 10.4. The normalized spacial score (nSPS) is 11.9. The van der Waals surface area contributed by atoms with Crippen LogP contribution in [0, 0.1) is 0 Å². The molecule has 5 heteroatoms. The SMILES string of the molecule is C=CCN(Cc1cccs1)S(=O)(=O)CCCC. The highest BCUT2D eigenvalue weighted by molar-refractivity contribution is 7.89. The molecule has 1 rings (SSSR count). The van der Waals surface area contributed by atoms with Crippen LogP contribution < -0.4 is 0 Å². The minimum atomic E-state index is -3.15. The third-order valence-electron chi connectivity index (χ3n) is 2.39. The van der Waals surface area contributed by atoms with E-state index in [0.29, 0.717) is 19.5 Å². The van der Waals surface area contributed by atoms with Crippen LogP contribution in [0.2, 0.25) is 0 Å². The molecule has 0 saturated carbocycles. The average Bonchev–Trinajstić information content (AvgIpc) is 2.79. The molecular weight excluding hydrogens is 254 g/mol. The Balaban J connectivity index is 2.74. The van der Waals surface area contributed by atoms with Crippen molar-refractivity contribution in [2.24, 2.45) is 0 Å². The second-order valence-corrected chi connectivity index (χ2v) is 6.95. The minimum Gasteiger partial charge on any atom is -0.212 e. The Morgan fingerprint density at radius 2 is 2.29 bits per heavy atom. The molecule has 0 saturated heterocycles. The summed E-state index contributed by atoms with van der Waals surface area (Å²) in [6.45, 7) is 6.45. The van der Waals surface area contributed by atoms with Gasteiger partial charge >= 0.3 is 0 Å². The van der Waals surface area contributed by atoms with E-state index in [4.69, 9.17) is 0 Å². The molecule has 0 aliphatic rings. The third kappa shape index (κ3) is 4.61. The summed E-state index contributed by atoms with van der Waals surface area (Å²) in [5.74, 6) is 0.225. The second kappa shape index (κ2) is 6.93. The van der Waals surface area contributed by atoms with E-state index in [9.17, 15) is 8.42 Å². The van der Waals surface area contributed by atoms with Crippen LogP contribution in [-0.2, 0) is 16.6 Å². The minimum absolute atomic E-state index is 0.225. The van der Waals surface area contributed by atoms with Gasteiger partial charge in [-0.05, 0) is 17.9 Å². The van der Waals surface area contributed by atoms with Crippen LogP contribution in [0.5, 0.6) is 0 Å². The maximum absolute atomic E-state index is 12.1. The number of hydrogen-bond donors (Lipinski definition) is 0. The van der Waals surface area contributed by atoms with E-state index in [1.807, 2.05) is 24.4 Å². The highest BCUT2D eigenvalue weighted by Gasteiger charge is 2.20. The Hall–Kier alpha value is -0.650. The standard InChI is InChI=1S/C12H19NO2S2/c1-3-5-10-17(14,15)13(8-4-2)11-12-7-6-9-16-12/h4,6-7,9H,2-3,5,8,10-11H2,1H3. The van der Waals surface area contributed by atoms with Gasteiger partial charge in [0.2, 0.25) is 10.0 Å². The predicted octanol–water partition coefficient (Wildman–Crippen LogP) is 2.87. The fourth-order valence-electron chi connectivity index (χ4n) is 1.45. The van der Waals surface area contributed by atoms with Gasteiger partial charge in [0.15, 0.2) is 0 Å². The molecule has 0 aromatic carbocycles. The Bertz CT molecular complexity index is 423. The van der Waals surface area contributed by atoms with Gasteiger partial charge in [0.05, 0.1) is 5.75 Å². The zero-order valence-corrected chi connectivity index (χ0v) is 11.8. The van der Waals surface area contributed by atoms with E-state index >= 15 is 0 Å². The third-order valence-corrected chi connectivity index (χ3v) is 5.12. The number of unbranched alkanes of at least 4 members (excludes halogenated alkanes) is 1. The summed E-state index contributed by atoms with van der Waals surface area (Å²) >= 11 is 1.58. The van der Waals surface area contributed by atoms with Crippen LogP contribution in [0.15, 0.2) is 30.2 Å². The molecule has 0 radical (unpaired) electrons. The first-order valence-corrected chi connectivity index (χ1v) is 8.20. The van der Waals surface area contributed by atoms with Gasteiger partial charge in [-0.2, -0.15) is 4.31 Å². The van der Waals surface area contributed by atoms with Gasteiger partial charge in [0.25, 0.3) is 0 Å². The maximum Gasteiger partial charge on any atom is 0.214 e. The molecule has 0 amide bonds. The maximum atomic E-state index is 12.1. The summed E-state index contributed by atoms with van der Waals surface area (Å²) in [6.07, 6.45) is 3.23. The van der Waals surface area contributed by atoms with Gasteiger partial charge in [0.1, 0.15) is 0 Å². The van der Waals surface area contributed by atoms with E-state index in [1.54, 1.807) is 17.4 Å². The molecule has 3 nitrogen and oxygen atoms in total. The van der Waals surface area contributed by atoms with Gasteiger partial charge in [-0.15, -0.1) is 17.9 Å². The van der Waals surface area contributed by atoms with Crippen molar-refractivity contribution in [1.82, 2.24) is 4.31 Å². The molecule has 1 aromatic heterocycles. The summed E-state index contributed by atoms with van der Waals surface area (Å²) in [5, 5.41) is 1.96. The van der Waals surface area contributed by atoms with Crippen LogP contribution in [0.1, 0.15) is 24.6 Å². The molecule has 0 aliphatic carbocycles. The van der Waals surface area contributed by atoms with Gasteiger partial charge in [-0.3, -0.25) is 0 Å². The van der Waals surface area contributed by atoms with Crippen molar-refractivity contribution in [3.63, 3.8) is 0 Å². The molecule has 0 unspecified atom stereocenters. The topological polar surface area (TPSA) is 37.4 Å². The predicted molar refractivity (Wildman–Crippen MR) is 73.6 cm³/mol. The first-order chi connectivity index (χ1) is 8.10. The first kappa shape index (κ1) is 14.4.